The maximum atomic E-state index is 12.8. The number of phosphoric acid groups is 1. The standard InChI is InChI=1S/C45H93N2O6P/c1-6-8-10-12-14-16-17-18-19-20-21-22-23-24-25-26-27-28-29-30-31-32-34-36-38-44(48)43(42-53-54(50,51)52-41-40-47(3,4)5)46-45(49)39-37-35-33-15-13-11-9-7-2/h43-44,48H,6-42H2,1-5H3,(H-,46,49,50,51). The molecular formula is C45H93N2O6P. The number of nitrogens with one attached hydrogen (secondary N) is 1. The van der Waals surface area contributed by atoms with Crippen molar-refractivity contribution in [3.8, 4) is 0 Å². The third-order valence-electron chi connectivity index (χ3n) is 10.8. The van der Waals surface area contributed by atoms with Crippen LogP contribution < -0.4 is 10.2 Å². The van der Waals surface area contributed by atoms with Gasteiger partial charge in [-0.2, -0.15) is 0 Å². The summed E-state index contributed by atoms with van der Waals surface area (Å²) in [5, 5.41) is 13.9. The van der Waals surface area contributed by atoms with Crippen LogP contribution >= 0.6 is 7.82 Å². The first-order chi connectivity index (χ1) is 26.0. The summed E-state index contributed by atoms with van der Waals surface area (Å²) in [6.07, 6.45) is 41.3. The van der Waals surface area contributed by atoms with Crippen LogP contribution in [-0.4, -0.2) is 68.5 Å². The van der Waals surface area contributed by atoms with E-state index in [9.17, 15) is 19.4 Å². The van der Waals surface area contributed by atoms with Crippen molar-refractivity contribution < 1.29 is 32.9 Å². The van der Waals surface area contributed by atoms with E-state index in [2.05, 4.69) is 19.2 Å². The average Bonchev–Trinajstić information content (AvgIpc) is 3.12. The maximum absolute atomic E-state index is 12.8. The molecular weight excluding hydrogens is 695 g/mol. The number of aliphatic hydroxyl groups excluding tert-OH is 1. The lowest BCUT2D eigenvalue weighted by Crippen LogP contribution is -2.46. The maximum Gasteiger partial charge on any atom is 0.268 e. The molecule has 0 bridgehead atoms. The molecule has 0 fully saturated rings. The summed E-state index contributed by atoms with van der Waals surface area (Å²) in [5.74, 6) is -0.167. The van der Waals surface area contributed by atoms with Gasteiger partial charge in [0.05, 0.1) is 39.9 Å². The molecule has 1 amide bonds. The van der Waals surface area contributed by atoms with Crippen LogP contribution in [-0.2, 0) is 18.4 Å². The van der Waals surface area contributed by atoms with Crippen molar-refractivity contribution >= 4 is 13.7 Å². The van der Waals surface area contributed by atoms with Crippen LogP contribution in [0.25, 0.3) is 0 Å². The van der Waals surface area contributed by atoms with Gasteiger partial charge in [-0.1, -0.05) is 213 Å². The first-order valence-corrected chi connectivity index (χ1v) is 24.8. The Morgan fingerprint density at radius 3 is 1.26 bits per heavy atom. The molecule has 3 unspecified atom stereocenters. The number of rotatable bonds is 43. The van der Waals surface area contributed by atoms with Crippen LogP contribution in [0.4, 0.5) is 0 Å². The number of nitrogens with zero attached hydrogens (tertiary/aromatic N) is 1. The highest BCUT2D eigenvalue weighted by Crippen LogP contribution is 2.38. The number of carbonyl (C=O) groups is 1. The normalized spacial score (nSPS) is 14.3. The van der Waals surface area contributed by atoms with E-state index < -0.39 is 20.0 Å². The number of quaternary nitrogens is 1. The number of amides is 1. The molecule has 2 N–H and O–H groups in total. The van der Waals surface area contributed by atoms with E-state index in [-0.39, 0.29) is 19.1 Å². The molecule has 0 saturated carbocycles. The third kappa shape index (κ3) is 39.7. The van der Waals surface area contributed by atoms with E-state index in [4.69, 9.17) is 9.05 Å². The summed E-state index contributed by atoms with van der Waals surface area (Å²) < 4.78 is 23.2. The molecule has 0 aromatic heterocycles. The van der Waals surface area contributed by atoms with E-state index >= 15 is 0 Å². The van der Waals surface area contributed by atoms with E-state index in [0.29, 0.717) is 23.9 Å². The van der Waals surface area contributed by atoms with E-state index in [1.165, 1.54) is 167 Å². The number of unbranched alkanes of at least 4 members (excludes halogenated alkanes) is 30. The first kappa shape index (κ1) is 53.5. The Bertz CT molecular complexity index is 855. The van der Waals surface area contributed by atoms with Crippen molar-refractivity contribution in [1.29, 1.82) is 0 Å². The molecule has 0 saturated heterocycles. The lowest BCUT2D eigenvalue weighted by atomic mass is 10.0. The van der Waals surface area contributed by atoms with Gasteiger partial charge in [0.25, 0.3) is 7.82 Å². The van der Waals surface area contributed by atoms with Crippen molar-refractivity contribution in [3.63, 3.8) is 0 Å². The molecule has 0 aliphatic rings. The molecule has 0 spiro atoms. The van der Waals surface area contributed by atoms with Crippen molar-refractivity contribution in [2.45, 2.75) is 244 Å². The number of hydrogen-bond acceptors (Lipinski definition) is 6. The van der Waals surface area contributed by atoms with Crippen molar-refractivity contribution in [1.82, 2.24) is 5.32 Å². The summed E-state index contributed by atoms with van der Waals surface area (Å²) in [6.45, 7) is 4.71. The van der Waals surface area contributed by atoms with Gasteiger partial charge in [-0.3, -0.25) is 9.36 Å². The minimum Gasteiger partial charge on any atom is -0.756 e. The third-order valence-corrected chi connectivity index (χ3v) is 11.8. The fraction of sp³-hybridized carbons (Fsp3) is 0.978. The fourth-order valence-electron chi connectivity index (χ4n) is 7.10. The molecule has 9 heteroatoms. The van der Waals surface area contributed by atoms with Crippen LogP contribution in [0.5, 0.6) is 0 Å². The second kappa shape index (κ2) is 38.0. The topological polar surface area (TPSA) is 108 Å². The van der Waals surface area contributed by atoms with Gasteiger partial charge in [0.1, 0.15) is 13.2 Å². The molecule has 0 aliphatic carbocycles. The molecule has 0 radical (unpaired) electrons. The largest absolute Gasteiger partial charge is 0.756 e. The van der Waals surface area contributed by atoms with Crippen molar-refractivity contribution in [3.05, 3.63) is 0 Å². The SMILES string of the molecule is CCCCCCCCCCCCCCCCCCCCCCCCCCC(O)C(COP(=O)([O-])OCC[N+](C)(C)C)NC(=O)CCCCCCCCCC. The Balaban J connectivity index is 4.09. The zero-order chi connectivity index (χ0) is 40.0. The van der Waals surface area contributed by atoms with Crippen LogP contribution in [0.3, 0.4) is 0 Å². The molecule has 3 atom stereocenters. The summed E-state index contributed by atoms with van der Waals surface area (Å²) in [7, 11) is 1.32. The Morgan fingerprint density at radius 1 is 0.574 bits per heavy atom. The van der Waals surface area contributed by atoms with E-state index in [1.54, 1.807) is 0 Å². The van der Waals surface area contributed by atoms with Crippen LogP contribution in [0.15, 0.2) is 0 Å². The van der Waals surface area contributed by atoms with E-state index in [1.807, 2.05) is 21.1 Å². The number of carbonyl (C=O) groups excluding carboxylic acids is 1. The minimum atomic E-state index is -4.55. The van der Waals surface area contributed by atoms with Gasteiger partial charge in [-0.15, -0.1) is 0 Å². The predicted octanol–water partition coefficient (Wildman–Crippen LogP) is 12.3. The van der Waals surface area contributed by atoms with Crippen LogP contribution in [0.2, 0.25) is 0 Å². The Hall–Kier alpha value is -0.500. The zero-order valence-corrected chi connectivity index (χ0v) is 37.6. The number of hydrogen-bond donors (Lipinski definition) is 2. The fourth-order valence-corrected chi connectivity index (χ4v) is 7.82. The number of aliphatic hydroxyl groups is 1. The first-order valence-electron chi connectivity index (χ1n) is 23.4. The molecule has 0 rings (SSSR count). The summed E-state index contributed by atoms with van der Waals surface area (Å²) in [4.78, 5) is 25.2. The van der Waals surface area contributed by atoms with Crippen LogP contribution in [0.1, 0.15) is 232 Å². The highest BCUT2D eigenvalue weighted by Gasteiger charge is 2.24. The Labute approximate surface area is 336 Å². The highest BCUT2D eigenvalue weighted by molar-refractivity contribution is 7.45. The van der Waals surface area contributed by atoms with Gasteiger partial charge in [-0.25, -0.2) is 0 Å². The Morgan fingerprint density at radius 2 is 0.907 bits per heavy atom. The smallest absolute Gasteiger partial charge is 0.268 e. The average molecular weight is 789 g/mol. The second-order valence-electron chi connectivity index (χ2n) is 17.5. The number of phosphoric ester groups is 1. The lowest BCUT2D eigenvalue weighted by molar-refractivity contribution is -0.870. The molecule has 54 heavy (non-hydrogen) atoms. The highest BCUT2D eigenvalue weighted by atomic mass is 31.2. The van der Waals surface area contributed by atoms with Gasteiger partial charge < -0.3 is 28.8 Å². The predicted molar refractivity (Wildman–Crippen MR) is 229 cm³/mol. The van der Waals surface area contributed by atoms with Gasteiger partial charge in [-0.05, 0) is 12.8 Å². The van der Waals surface area contributed by atoms with Gasteiger partial charge in [0.2, 0.25) is 5.91 Å². The molecule has 8 nitrogen and oxygen atoms in total. The van der Waals surface area contributed by atoms with Gasteiger partial charge in [0.15, 0.2) is 0 Å². The van der Waals surface area contributed by atoms with Crippen LogP contribution in [0, 0.1) is 0 Å². The summed E-state index contributed by atoms with van der Waals surface area (Å²) in [6, 6.07) is -0.791. The summed E-state index contributed by atoms with van der Waals surface area (Å²) >= 11 is 0. The number of likely N-dealkylation sites (N-methyl/N-ethyl adjacent to an activating group) is 1. The van der Waals surface area contributed by atoms with E-state index in [0.717, 1.165) is 38.5 Å². The molecule has 0 aromatic rings. The van der Waals surface area contributed by atoms with Crippen molar-refractivity contribution in [2.24, 2.45) is 0 Å². The monoisotopic (exact) mass is 789 g/mol. The van der Waals surface area contributed by atoms with Crippen molar-refractivity contribution in [2.75, 3.05) is 40.9 Å². The molecule has 324 valence electrons. The quantitative estimate of drug-likeness (QED) is 0.0362. The second-order valence-corrected chi connectivity index (χ2v) is 18.9. The molecule has 0 aromatic carbocycles. The summed E-state index contributed by atoms with van der Waals surface area (Å²) in [5.41, 5.74) is 0. The lowest BCUT2D eigenvalue weighted by Gasteiger charge is -2.30. The zero-order valence-electron chi connectivity index (χ0n) is 36.7. The Kier molecular flexibility index (Phi) is 37.7. The molecule has 0 heterocycles. The molecule has 0 aliphatic heterocycles. The minimum absolute atomic E-state index is 0.0157. The van der Waals surface area contributed by atoms with Gasteiger partial charge in [0, 0.05) is 6.42 Å². The van der Waals surface area contributed by atoms with Gasteiger partial charge >= 0.3 is 0 Å².